The Morgan fingerprint density at radius 2 is 1.95 bits per heavy atom. The van der Waals surface area contributed by atoms with Crippen molar-refractivity contribution >= 4 is 11.7 Å². The van der Waals surface area contributed by atoms with Crippen LogP contribution in [0.15, 0.2) is 30.3 Å². The Labute approximate surface area is 112 Å². The van der Waals surface area contributed by atoms with Crippen molar-refractivity contribution in [2.24, 2.45) is 5.92 Å². The van der Waals surface area contributed by atoms with Crippen LogP contribution >= 0.6 is 0 Å². The largest absolute Gasteiger partial charge is 0.310 e. The fourth-order valence-corrected chi connectivity index (χ4v) is 2.05. The maximum atomic E-state index is 11.9. The lowest BCUT2D eigenvalue weighted by Gasteiger charge is -2.08. The van der Waals surface area contributed by atoms with E-state index in [0.29, 0.717) is 0 Å². The zero-order chi connectivity index (χ0) is 13.4. The molecule has 1 aromatic carbocycles. The van der Waals surface area contributed by atoms with E-state index in [1.807, 2.05) is 44.2 Å². The molecule has 0 atom stereocenters. The van der Waals surface area contributed by atoms with Crippen molar-refractivity contribution in [2.45, 2.75) is 26.7 Å². The fourth-order valence-electron chi connectivity index (χ4n) is 2.05. The molecule has 0 spiro atoms. The number of aryl methyl sites for hydroxylation is 2. The minimum atomic E-state index is 0.105. The fraction of sp³-hybridized carbons (Fsp3) is 0.333. The first kappa shape index (κ1) is 12.0. The topological polar surface area (TPSA) is 46.9 Å². The minimum absolute atomic E-state index is 0.105. The summed E-state index contributed by atoms with van der Waals surface area (Å²) in [7, 11) is 0. The molecule has 19 heavy (non-hydrogen) atoms. The van der Waals surface area contributed by atoms with Gasteiger partial charge in [-0.1, -0.05) is 17.7 Å². The average molecular weight is 255 g/mol. The third kappa shape index (κ3) is 2.52. The minimum Gasteiger partial charge on any atom is -0.310 e. The number of rotatable bonds is 3. The second-order valence-corrected chi connectivity index (χ2v) is 5.18. The summed E-state index contributed by atoms with van der Waals surface area (Å²) in [5.74, 6) is 1.05. The zero-order valence-corrected chi connectivity index (χ0v) is 11.2. The molecule has 0 saturated heterocycles. The van der Waals surface area contributed by atoms with E-state index in [4.69, 9.17) is 0 Å². The van der Waals surface area contributed by atoms with Crippen molar-refractivity contribution < 1.29 is 4.79 Å². The highest BCUT2D eigenvalue weighted by atomic mass is 16.2. The Hall–Kier alpha value is -2.10. The number of nitrogens with one attached hydrogen (secondary N) is 1. The highest BCUT2D eigenvalue weighted by molar-refractivity contribution is 5.93. The van der Waals surface area contributed by atoms with Crippen LogP contribution in [0.5, 0.6) is 0 Å². The van der Waals surface area contributed by atoms with Gasteiger partial charge in [0.05, 0.1) is 11.4 Å². The molecule has 1 fully saturated rings. The molecule has 1 saturated carbocycles. The van der Waals surface area contributed by atoms with Crippen molar-refractivity contribution in [3.8, 4) is 5.69 Å². The van der Waals surface area contributed by atoms with E-state index in [0.717, 1.165) is 30.0 Å². The van der Waals surface area contributed by atoms with Gasteiger partial charge in [0.1, 0.15) is 5.82 Å². The molecule has 2 aromatic rings. The van der Waals surface area contributed by atoms with Gasteiger partial charge in [0, 0.05) is 12.0 Å². The number of carbonyl (C=O) groups excluding carboxylic acids is 1. The average Bonchev–Trinajstić information content (AvgIpc) is 3.16. The third-order valence-electron chi connectivity index (χ3n) is 3.31. The van der Waals surface area contributed by atoms with Crippen molar-refractivity contribution in [3.63, 3.8) is 0 Å². The summed E-state index contributed by atoms with van der Waals surface area (Å²) in [4.78, 5) is 11.9. The molecule has 1 aliphatic carbocycles. The van der Waals surface area contributed by atoms with Crippen molar-refractivity contribution in [2.75, 3.05) is 5.32 Å². The van der Waals surface area contributed by atoms with Gasteiger partial charge in [0.15, 0.2) is 0 Å². The predicted molar refractivity (Wildman–Crippen MR) is 74.4 cm³/mol. The smallest absolute Gasteiger partial charge is 0.228 e. The van der Waals surface area contributed by atoms with Crippen molar-refractivity contribution in [1.82, 2.24) is 9.78 Å². The Bertz CT molecular complexity index is 609. The Morgan fingerprint density at radius 1 is 1.26 bits per heavy atom. The number of anilines is 1. The van der Waals surface area contributed by atoms with Gasteiger partial charge in [-0.15, -0.1) is 0 Å². The maximum Gasteiger partial charge on any atom is 0.228 e. The molecule has 98 valence electrons. The second kappa shape index (κ2) is 4.53. The van der Waals surface area contributed by atoms with Crippen molar-refractivity contribution in [3.05, 3.63) is 41.6 Å². The van der Waals surface area contributed by atoms with Gasteiger partial charge in [-0.2, -0.15) is 5.10 Å². The van der Waals surface area contributed by atoms with Gasteiger partial charge >= 0.3 is 0 Å². The van der Waals surface area contributed by atoms with Crippen LogP contribution in [0.4, 0.5) is 5.82 Å². The summed E-state index contributed by atoms with van der Waals surface area (Å²) in [6.45, 7) is 3.98. The van der Waals surface area contributed by atoms with Gasteiger partial charge in [-0.3, -0.25) is 4.79 Å². The number of amides is 1. The molecule has 3 rings (SSSR count). The summed E-state index contributed by atoms with van der Waals surface area (Å²) in [6.07, 6.45) is 2.01. The Morgan fingerprint density at radius 3 is 2.58 bits per heavy atom. The highest BCUT2D eigenvalue weighted by Crippen LogP contribution is 2.30. The van der Waals surface area contributed by atoms with Crippen molar-refractivity contribution in [1.29, 1.82) is 0 Å². The van der Waals surface area contributed by atoms with E-state index in [1.165, 1.54) is 5.56 Å². The summed E-state index contributed by atoms with van der Waals surface area (Å²) in [5, 5.41) is 7.41. The van der Waals surface area contributed by atoms with Crippen LogP contribution in [0.3, 0.4) is 0 Å². The lowest BCUT2D eigenvalue weighted by Crippen LogP contribution is -2.16. The first-order valence-corrected chi connectivity index (χ1v) is 6.58. The predicted octanol–water partition coefficient (Wildman–Crippen LogP) is 2.84. The quantitative estimate of drug-likeness (QED) is 0.916. The molecule has 1 amide bonds. The van der Waals surface area contributed by atoms with Crippen LogP contribution in [-0.4, -0.2) is 15.7 Å². The SMILES string of the molecule is Cc1ccc(-n2nc(C)cc2NC(=O)C2CC2)cc1. The van der Waals surface area contributed by atoms with E-state index < -0.39 is 0 Å². The summed E-state index contributed by atoms with van der Waals surface area (Å²) in [6, 6.07) is 10.0. The number of hydrogen-bond acceptors (Lipinski definition) is 2. The summed E-state index contributed by atoms with van der Waals surface area (Å²) in [5.41, 5.74) is 3.06. The van der Waals surface area contributed by atoms with Gasteiger partial charge in [0.25, 0.3) is 0 Å². The zero-order valence-electron chi connectivity index (χ0n) is 11.2. The van der Waals surface area contributed by atoms with Gasteiger partial charge in [-0.25, -0.2) is 4.68 Å². The van der Waals surface area contributed by atoms with Crippen LogP contribution in [-0.2, 0) is 4.79 Å². The summed E-state index contributed by atoms with van der Waals surface area (Å²) < 4.78 is 1.79. The van der Waals surface area contributed by atoms with E-state index in [1.54, 1.807) is 4.68 Å². The lowest BCUT2D eigenvalue weighted by molar-refractivity contribution is -0.117. The van der Waals surface area contributed by atoms with Crippen LogP contribution in [0.25, 0.3) is 5.69 Å². The molecule has 1 aromatic heterocycles. The maximum absolute atomic E-state index is 11.9. The number of hydrogen-bond donors (Lipinski definition) is 1. The molecule has 4 heteroatoms. The van der Waals surface area contributed by atoms with Gasteiger partial charge in [0.2, 0.25) is 5.91 Å². The highest BCUT2D eigenvalue weighted by Gasteiger charge is 2.30. The van der Waals surface area contributed by atoms with Crippen LogP contribution < -0.4 is 5.32 Å². The molecular weight excluding hydrogens is 238 g/mol. The lowest BCUT2D eigenvalue weighted by atomic mass is 10.2. The molecule has 0 unspecified atom stereocenters. The number of carbonyl (C=O) groups is 1. The first-order chi connectivity index (χ1) is 9.13. The van der Waals surface area contributed by atoms with Crippen LogP contribution in [0.1, 0.15) is 24.1 Å². The number of aromatic nitrogens is 2. The number of benzene rings is 1. The molecule has 0 bridgehead atoms. The molecular formula is C15H17N3O. The van der Waals surface area contributed by atoms with Gasteiger partial charge in [-0.05, 0) is 38.8 Å². The van der Waals surface area contributed by atoms with E-state index in [9.17, 15) is 4.79 Å². The molecule has 0 aliphatic heterocycles. The molecule has 1 aliphatic rings. The van der Waals surface area contributed by atoms with Crippen LogP contribution in [0, 0.1) is 19.8 Å². The first-order valence-electron chi connectivity index (χ1n) is 6.58. The second-order valence-electron chi connectivity index (χ2n) is 5.18. The monoisotopic (exact) mass is 255 g/mol. The Kier molecular flexibility index (Phi) is 2.85. The molecule has 1 heterocycles. The molecule has 0 radical (unpaired) electrons. The van der Waals surface area contributed by atoms with E-state index in [-0.39, 0.29) is 11.8 Å². The van der Waals surface area contributed by atoms with Crippen LogP contribution in [0.2, 0.25) is 0 Å². The molecule has 4 nitrogen and oxygen atoms in total. The third-order valence-corrected chi connectivity index (χ3v) is 3.31. The molecule has 1 N–H and O–H groups in total. The van der Waals surface area contributed by atoms with E-state index in [2.05, 4.69) is 10.4 Å². The van der Waals surface area contributed by atoms with Gasteiger partial charge < -0.3 is 5.32 Å². The standard InChI is InChI=1S/C15H17N3O/c1-10-3-7-13(8-4-10)18-14(9-11(2)17-18)16-15(19)12-5-6-12/h3-4,7-9,12H,5-6H2,1-2H3,(H,16,19). The van der Waals surface area contributed by atoms with E-state index >= 15 is 0 Å². The normalized spacial score (nSPS) is 14.4. The Balaban J connectivity index is 1.91. The summed E-state index contributed by atoms with van der Waals surface area (Å²) >= 11 is 0. The number of nitrogens with zero attached hydrogens (tertiary/aromatic N) is 2.